The fourth-order valence-corrected chi connectivity index (χ4v) is 2.46. The number of anilines is 1. The van der Waals surface area contributed by atoms with E-state index in [9.17, 15) is 0 Å². The number of aromatic nitrogens is 1. The van der Waals surface area contributed by atoms with E-state index in [1.165, 1.54) is 0 Å². The standard InChI is InChI=1S/C17H15ClN2O/c18-15-7-8-16(17-14(15)2-1-9-19-17)20-10-12-3-5-13(11-21)6-4-12/h1-9,20-21H,10-11H2. The van der Waals surface area contributed by atoms with Gasteiger partial charge in [-0.1, -0.05) is 35.9 Å². The van der Waals surface area contributed by atoms with Gasteiger partial charge in [0.2, 0.25) is 0 Å². The van der Waals surface area contributed by atoms with Gasteiger partial charge in [0, 0.05) is 18.1 Å². The number of aliphatic hydroxyl groups is 1. The lowest BCUT2D eigenvalue weighted by Gasteiger charge is -2.10. The van der Waals surface area contributed by atoms with Gasteiger partial charge in [0.25, 0.3) is 0 Å². The van der Waals surface area contributed by atoms with E-state index in [1.54, 1.807) is 6.20 Å². The summed E-state index contributed by atoms with van der Waals surface area (Å²) in [4.78, 5) is 4.40. The van der Waals surface area contributed by atoms with Crippen LogP contribution in [0.25, 0.3) is 10.9 Å². The number of rotatable bonds is 4. The first-order valence-electron chi connectivity index (χ1n) is 6.74. The third-order valence-electron chi connectivity index (χ3n) is 3.40. The zero-order chi connectivity index (χ0) is 14.7. The van der Waals surface area contributed by atoms with Gasteiger partial charge in [0.05, 0.1) is 22.8 Å². The van der Waals surface area contributed by atoms with E-state index in [4.69, 9.17) is 16.7 Å². The second-order valence-corrected chi connectivity index (χ2v) is 5.23. The zero-order valence-electron chi connectivity index (χ0n) is 11.4. The maximum Gasteiger partial charge on any atom is 0.0948 e. The van der Waals surface area contributed by atoms with Crippen molar-refractivity contribution in [2.75, 3.05) is 5.32 Å². The smallest absolute Gasteiger partial charge is 0.0948 e. The highest BCUT2D eigenvalue weighted by molar-refractivity contribution is 6.35. The van der Waals surface area contributed by atoms with Crippen LogP contribution in [0.1, 0.15) is 11.1 Å². The second-order valence-electron chi connectivity index (χ2n) is 4.82. The fraction of sp³-hybridized carbons (Fsp3) is 0.118. The SMILES string of the molecule is OCc1ccc(CNc2ccc(Cl)c3cccnc23)cc1. The Hall–Kier alpha value is -2.10. The van der Waals surface area contributed by atoms with E-state index in [0.29, 0.717) is 11.6 Å². The Morgan fingerprint density at radius 1 is 1.00 bits per heavy atom. The van der Waals surface area contributed by atoms with Gasteiger partial charge < -0.3 is 10.4 Å². The zero-order valence-corrected chi connectivity index (χ0v) is 12.1. The molecule has 3 nitrogen and oxygen atoms in total. The summed E-state index contributed by atoms with van der Waals surface area (Å²) in [5.41, 5.74) is 3.89. The number of halogens is 1. The third-order valence-corrected chi connectivity index (χ3v) is 3.73. The molecular weight excluding hydrogens is 284 g/mol. The minimum atomic E-state index is 0.0689. The van der Waals surface area contributed by atoms with E-state index in [2.05, 4.69) is 10.3 Å². The van der Waals surface area contributed by atoms with Crippen LogP contribution < -0.4 is 5.32 Å². The second kappa shape index (κ2) is 6.12. The summed E-state index contributed by atoms with van der Waals surface area (Å²) in [5.74, 6) is 0. The van der Waals surface area contributed by atoms with Crippen molar-refractivity contribution < 1.29 is 5.11 Å². The molecule has 0 aliphatic rings. The Morgan fingerprint density at radius 2 is 1.76 bits per heavy atom. The summed E-state index contributed by atoms with van der Waals surface area (Å²) in [7, 11) is 0. The van der Waals surface area contributed by atoms with Crippen molar-refractivity contribution in [2.24, 2.45) is 0 Å². The van der Waals surface area contributed by atoms with E-state index >= 15 is 0 Å². The highest BCUT2D eigenvalue weighted by Gasteiger charge is 2.05. The highest BCUT2D eigenvalue weighted by atomic mass is 35.5. The van der Waals surface area contributed by atoms with Crippen molar-refractivity contribution in [1.29, 1.82) is 0 Å². The molecule has 4 heteroatoms. The van der Waals surface area contributed by atoms with Crippen LogP contribution in [0.2, 0.25) is 5.02 Å². The predicted octanol–water partition coefficient (Wildman–Crippen LogP) is 3.99. The van der Waals surface area contributed by atoms with Crippen molar-refractivity contribution in [3.05, 3.63) is 70.9 Å². The predicted molar refractivity (Wildman–Crippen MR) is 86.4 cm³/mol. The van der Waals surface area contributed by atoms with Gasteiger partial charge in [0.15, 0.2) is 0 Å². The van der Waals surface area contributed by atoms with Gasteiger partial charge in [0.1, 0.15) is 0 Å². The van der Waals surface area contributed by atoms with Crippen LogP contribution >= 0.6 is 11.6 Å². The van der Waals surface area contributed by atoms with Gasteiger partial charge in [-0.3, -0.25) is 4.98 Å². The molecule has 3 aromatic rings. The average Bonchev–Trinajstić information content (AvgIpc) is 2.55. The monoisotopic (exact) mass is 298 g/mol. The molecule has 0 unspecified atom stereocenters. The van der Waals surface area contributed by atoms with Crippen molar-refractivity contribution in [1.82, 2.24) is 4.98 Å². The lowest BCUT2D eigenvalue weighted by molar-refractivity contribution is 0.282. The summed E-state index contributed by atoms with van der Waals surface area (Å²) in [5, 5.41) is 14.1. The van der Waals surface area contributed by atoms with E-state index in [1.807, 2.05) is 48.5 Å². The molecule has 0 atom stereocenters. The average molecular weight is 299 g/mol. The first-order chi connectivity index (χ1) is 10.3. The number of aliphatic hydroxyl groups excluding tert-OH is 1. The Labute approximate surface area is 128 Å². The lowest BCUT2D eigenvalue weighted by Crippen LogP contribution is -2.01. The molecule has 0 saturated heterocycles. The Bertz CT molecular complexity index is 756. The largest absolute Gasteiger partial charge is 0.392 e. The van der Waals surface area contributed by atoms with E-state index in [-0.39, 0.29) is 6.61 Å². The van der Waals surface area contributed by atoms with E-state index in [0.717, 1.165) is 27.7 Å². The molecule has 1 aromatic heterocycles. The van der Waals surface area contributed by atoms with Crippen LogP contribution in [0.15, 0.2) is 54.7 Å². The molecule has 3 rings (SSSR count). The van der Waals surface area contributed by atoms with E-state index < -0.39 is 0 Å². The summed E-state index contributed by atoms with van der Waals surface area (Å²) in [6.45, 7) is 0.762. The summed E-state index contributed by atoms with van der Waals surface area (Å²) < 4.78 is 0. The molecule has 0 fully saturated rings. The van der Waals surface area contributed by atoms with Gasteiger partial charge in [-0.15, -0.1) is 0 Å². The van der Waals surface area contributed by atoms with Gasteiger partial charge in [-0.05, 0) is 35.4 Å². The molecular formula is C17H15ClN2O. The number of hydrogen-bond acceptors (Lipinski definition) is 3. The van der Waals surface area contributed by atoms with Crippen LogP contribution in [0, 0.1) is 0 Å². The van der Waals surface area contributed by atoms with Crippen LogP contribution in [0.4, 0.5) is 5.69 Å². The first-order valence-corrected chi connectivity index (χ1v) is 7.11. The van der Waals surface area contributed by atoms with Crippen molar-refractivity contribution in [3.63, 3.8) is 0 Å². The molecule has 106 valence electrons. The Morgan fingerprint density at radius 3 is 2.52 bits per heavy atom. The minimum Gasteiger partial charge on any atom is -0.392 e. The van der Waals surface area contributed by atoms with Crippen molar-refractivity contribution in [3.8, 4) is 0 Å². The van der Waals surface area contributed by atoms with Crippen LogP contribution in [0.5, 0.6) is 0 Å². The van der Waals surface area contributed by atoms with Gasteiger partial charge in [-0.25, -0.2) is 0 Å². The quantitative estimate of drug-likeness (QED) is 0.765. The number of nitrogens with zero attached hydrogens (tertiary/aromatic N) is 1. The maximum atomic E-state index is 9.04. The van der Waals surface area contributed by atoms with Crippen molar-refractivity contribution >= 4 is 28.2 Å². The number of benzene rings is 2. The number of fused-ring (bicyclic) bond motifs is 1. The number of nitrogens with one attached hydrogen (secondary N) is 1. The molecule has 0 saturated carbocycles. The normalized spacial score (nSPS) is 10.8. The molecule has 1 heterocycles. The molecule has 21 heavy (non-hydrogen) atoms. The van der Waals surface area contributed by atoms with Gasteiger partial charge >= 0.3 is 0 Å². The molecule has 2 aromatic carbocycles. The van der Waals surface area contributed by atoms with Gasteiger partial charge in [-0.2, -0.15) is 0 Å². The molecule has 0 radical (unpaired) electrons. The molecule has 0 spiro atoms. The highest BCUT2D eigenvalue weighted by Crippen LogP contribution is 2.28. The van der Waals surface area contributed by atoms with Crippen LogP contribution in [0.3, 0.4) is 0 Å². The number of pyridine rings is 1. The van der Waals surface area contributed by atoms with Crippen LogP contribution in [-0.2, 0) is 13.2 Å². The topological polar surface area (TPSA) is 45.1 Å². The summed E-state index contributed by atoms with van der Waals surface area (Å²) in [6.07, 6.45) is 1.76. The Kier molecular flexibility index (Phi) is 4.04. The fourth-order valence-electron chi connectivity index (χ4n) is 2.24. The van der Waals surface area contributed by atoms with Crippen LogP contribution in [-0.4, -0.2) is 10.1 Å². The van der Waals surface area contributed by atoms with Crippen molar-refractivity contribution in [2.45, 2.75) is 13.2 Å². The summed E-state index contributed by atoms with van der Waals surface area (Å²) in [6, 6.07) is 15.5. The Balaban J connectivity index is 1.83. The molecule has 0 bridgehead atoms. The lowest BCUT2D eigenvalue weighted by atomic mass is 10.1. The minimum absolute atomic E-state index is 0.0689. The number of hydrogen-bond donors (Lipinski definition) is 2. The molecule has 0 amide bonds. The molecule has 0 aliphatic heterocycles. The molecule has 0 aliphatic carbocycles. The third kappa shape index (κ3) is 2.99. The summed E-state index contributed by atoms with van der Waals surface area (Å²) >= 11 is 6.19. The first kappa shape index (κ1) is 13.9. The molecule has 2 N–H and O–H groups in total. The maximum absolute atomic E-state index is 9.04.